The molecule has 5 heteroatoms. The Balaban J connectivity index is 1.95. The van der Waals surface area contributed by atoms with Crippen LogP contribution in [0.1, 0.15) is 51.5 Å². The van der Waals surface area contributed by atoms with Gasteiger partial charge in [-0.1, -0.05) is 20.8 Å². The molecule has 4 aliphatic rings. The van der Waals surface area contributed by atoms with Crippen molar-refractivity contribution in [1.29, 1.82) is 0 Å². The quantitative estimate of drug-likeness (QED) is 0.592. The summed E-state index contributed by atoms with van der Waals surface area (Å²) in [5, 5.41) is 0. The highest BCUT2D eigenvalue weighted by Gasteiger charge is 2.78. The molecule has 2 aliphatic heterocycles. The van der Waals surface area contributed by atoms with Gasteiger partial charge in [-0.15, -0.1) is 0 Å². The van der Waals surface area contributed by atoms with Gasteiger partial charge >= 0.3 is 0 Å². The predicted molar refractivity (Wildman–Crippen MR) is 97.2 cm³/mol. The maximum atomic E-state index is 12.8. The number of rotatable bonds is 2. The third-order valence-electron chi connectivity index (χ3n) is 7.64. The van der Waals surface area contributed by atoms with Crippen LogP contribution in [0.3, 0.4) is 0 Å². The highest BCUT2D eigenvalue weighted by molar-refractivity contribution is 5.44. The highest BCUT2D eigenvalue weighted by atomic mass is 17.2. The number of ether oxygens (including phenoxy) is 1. The number of hydrogen-bond acceptors (Lipinski definition) is 5. The van der Waals surface area contributed by atoms with Gasteiger partial charge < -0.3 is 9.15 Å². The molecule has 1 aromatic heterocycles. The van der Waals surface area contributed by atoms with Gasteiger partial charge in [0.15, 0.2) is 5.43 Å². The van der Waals surface area contributed by atoms with Crippen LogP contribution >= 0.6 is 0 Å². The zero-order chi connectivity index (χ0) is 19.2. The molecule has 1 saturated heterocycles. The van der Waals surface area contributed by atoms with E-state index in [0.717, 1.165) is 0 Å². The Labute approximate surface area is 154 Å². The summed E-state index contributed by atoms with van der Waals surface area (Å²) in [7, 11) is 1.54. The fraction of sp³-hybridized carbons (Fsp3) is 0.667. The summed E-state index contributed by atoms with van der Waals surface area (Å²) in [4.78, 5) is 24.4. The maximum absolute atomic E-state index is 12.8. The molecule has 0 N–H and O–H groups in total. The van der Waals surface area contributed by atoms with Gasteiger partial charge in [-0.3, -0.25) is 4.79 Å². The summed E-state index contributed by atoms with van der Waals surface area (Å²) in [6, 6.07) is 0. The van der Waals surface area contributed by atoms with E-state index in [0.29, 0.717) is 22.8 Å². The fourth-order valence-corrected chi connectivity index (χ4v) is 6.55. The standard InChI is InChI=1S/C21H28O5/c1-10-9-19(5)18-20(6,15(10)25-26-19)13(4)21(18,7)16-11(2)14(22)12(3)17(23-8)24-16/h9,13,15,18H,1-8H3/t13-,15-,18-,19+,20+,21-/m1/s1. The summed E-state index contributed by atoms with van der Waals surface area (Å²) in [6.07, 6.45) is 2.10. The molecule has 0 radical (unpaired) electrons. The zero-order valence-corrected chi connectivity index (χ0v) is 16.9. The topological polar surface area (TPSA) is 57.9 Å². The van der Waals surface area contributed by atoms with Crippen molar-refractivity contribution in [2.24, 2.45) is 17.3 Å². The maximum Gasteiger partial charge on any atom is 0.291 e. The van der Waals surface area contributed by atoms with E-state index in [1.807, 2.05) is 6.92 Å². The average Bonchev–Trinajstić information content (AvgIpc) is 2.58. The molecule has 0 aromatic carbocycles. The average molecular weight is 360 g/mol. The molecule has 2 aliphatic carbocycles. The SMILES string of the molecule is COc1oc([C@@]2(C)[C@H](C)[C@@]3(C)[C@@H]4OO[C@@](C)(C=C4C)[C@@H]23)c(C)c(=O)c1C. The van der Waals surface area contributed by atoms with Crippen LogP contribution in [0.5, 0.6) is 5.95 Å². The first-order valence-electron chi connectivity index (χ1n) is 9.26. The molecule has 26 heavy (non-hydrogen) atoms. The molecule has 0 unspecified atom stereocenters. The fourth-order valence-electron chi connectivity index (χ4n) is 6.55. The monoisotopic (exact) mass is 360 g/mol. The molecule has 5 rings (SSSR count). The lowest BCUT2D eigenvalue weighted by Crippen LogP contribution is -2.78. The van der Waals surface area contributed by atoms with Gasteiger partial charge in [-0.05, 0) is 45.3 Å². The third kappa shape index (κ3) is 1.71. The number of fused-ring (bicyclic) bond motifs is 1. The van der Waals surface area contributed by atoms with E-state index >= 15 is 0 Å². The first-order chi connectivity index (χ1) is 12.0. The van der Waals surface area contributed by atoms with Crippen LogP contribution in [-0.4, -0.2) is 18.8 Å². The summed E-state index contributed by atoms with van der Waals surface area (Å²) in [5.74, 6) is 1.39. The Bertz CT molecular complexity index is 883. The van der Waals surface area contributed by atoms with Crippen molar-refractivity contribution < 1.29 is 18.9 Å². The van der Waals surface area contributed by atoms with Crippen LogP contribution in [-0.2, 0) is 15.2 Å². The Morgan fingerprint density at radius 1 is 1.12 bits per heavy atom. The third-order valence-corrected chi connectivity index (χ3v) is 7.64. The lowest BCUT2D eigenvalue weighted by molar-refractivity contribution is -0.477. The molecular formula is C21H28O5. The minimum Gasteiger partial charge on any atom is -0.468 e. The molecule has 0 spiro atoms. The van der Waals surface area contributed by atoms with Gasteiger partial charge in [-0.2, -0.15) is 0 Å². The first-order valence-corrected chi connectivity index (χ1v) is 9.26. The lowest BCUT2D eigenvalue weighted by Gasteiger charge is -2.74. The van der Waals surface area contributed by atoms with Crippen LogP contribution in [0.2, 0.25) is 0 Å². The van der Waals surface area contributed by atoms with Crippen molar-refractivity contribution >= 4 is 0 Å². The Morgan fingerprint density at radius 3 is 2.35 bits per heavy atom. The van der Waals surface area contributed by atoms with Crippen molar-refractivity contribution in [2.75, 3.05) is 7.11 Å². The van der Waals surface area contributed by atoms with E-state index in [1.165, 1.54) is 12.7 Å². The molecule has 2 fully saturated rings. The zero-order valence-electron chi connectivity index (χ0n) is 16.9. The van der Waals surface area contributed by atoms with Crippen molar-refractivity contribution in [2.45, 2.75) is 65.6 Å². The minimum atomic E-state index is -0.558. The van der Waals surface area contributed by atoms with E-state index in [1.54, 1.807) is 6.92 Å². The van der Waals surface area contributed by atoms with Gasteiger partial charge in [-0.25, -0.2) is 9.78 Å². The molecule has 5 nitrogen and oxygen atoms in total. The number of methoxy groups -OCH3 is 1. The molecule has 2 bridgehead atoms. The number of hydrogen-bond donors (Lipinski definition) is 0. The smallest absolute Gasteiger partial charge is 0.291 e. The van der Waals surface area contributed by atoms with Gasteiger partial charge in [0.2, 0.25) is 0 Å². The van der Waals surface area contributed by atoms with E-state index in [4.69, 9.17) is 18.9 Å². The first kappa shape index (κ1) is 17.8. The van der Waals surface area contributed by atoms with E-state index < -0.39 is 5.60 Å². The molecule has 1 saturated carbocycles. The largest absolute Gasteiger partial charge is 0.468 e. The van der Waals surface area contributed by atoms with Gasteiger partial charge in [0.25, 0.3) is 5.95 Å². The second-order valence-corrected chi connectivity index (χ2v) is 8.94. The van der Waals surface area contributed by atoms with Crippen molar-refractivity contribution in [3.8, 4) is 5.95 Å². The van der Waals surface area contributed by atoms with E-state index in [2.05, 4.69) is 40.7 Å². The van der Waals surface area contributed by atoms with Crippen molar-refractivity contribution in [3.05, 3.63) is 38.8 Å². The normalized spacial score (nSPS) is 43.5. The summed E-state index contributed by atoms with van der Waals surface area (Å²) in [5.41, 5.74) is 1.38. The molecular weight excluding hydrogens is 332 g/mol. The highest BCUT2D eigenvalue weighted by Crippen LogP contribution is 2.74. The minimum absolute atomic E-state index is 0.0138. The van der Waals surface area contributed by atoms with E-state index in [-0.39, 0.29) is 34.2 Å². The van der Waals surface area contributed by atoms with Gasteiger partial charge in [0.1, 0.15) is 17.5 Å². The van der Waals surface area contributed by atoms with Crippen LogP contribution < -0.4 is 10.2 Å². The van der Waals surface area contributed by atoms with Crippen LogP contribution in [0.25, 0.3) is 0 Å². The summed E-state index contributed by atoms with van der Waals surface area (Å²) < 4.78 is 11.5. The molecule has 0 amide bonds. The summed E-state index contributed by atoms with van der Waals surface area (Å²) in [6.45, 7) is 14.4. The predicted octanol–water partition coefficient (Wildman–Crippen LogP) is 3.84. The van der Waals surface area contributed by atoms with Crippen LogP contribution in [0.4, 0.5) is 0 Å². The Hall–Kier alpha value is -1.59. The van der Waals surface area contributed by atoms with Crippen molar-refractivity contribution in [1.82, 2.24) is 0 Å². The second-order valence-electron chi connectivity index (χ2n) is 8.94. The van der Waals surface area contributed by atoms with Gasteiger partial charge in [0.05, 0.1) is 12.7 Å². The molecule has 6 atom stereocenters. The van der Waals surface area contributed by atoms with E-state index in [9.17, 15) is 4.79 Å². The van der Waals surface area contributed by atoms with Crippen LogP contribution in [0.15, 0.2) is 20.9 Å². The Morgan fingerprint density at radius 2 is 1.77 bits per heavy atom. The molecule has 142 valence electrons. The van der Waals surface area contributed by atoms with Gasteiger partial charge in [0, 0.05) is 22.3 Å². The van der Waals surface area contributed by atoms with Crippen molar-refractivity contribution in [3.63, 3.8) is 0 Å². The van der Waals surface area contributed by atoms with Crippen LogP contribution in [0, 0.1) is 31.1 Å². The molecule has 3 heterocycles. The molecule has 1 aromatic rings. The summed E-state index contributed by atoms with van der Waals surface area (Å²) >= 11 is 0. The lowest BCUT2D eigenvalue weighted by atomic mass is 9.33. The Kier molecular flexibility index (Phi) is 3.44. The second kappa shape index (κ2) is 5.02.